The van der Waals surface area contributed by atoms with Crippen molar-refractivity contribution in [1.29, 1.82) is 0 Å². The second kappa shape index (κ2) is 8.03. The largest absolute Gasteiger partial charge is 0.389 e. The molecular formula is C13H30N2O2. The zero-order valence-corrected chi connectivity index (χ0v) is 12.3. The van der Waals surface area contributed by atoms with Crippen LogP contribution in [0.3, 0.4) is 0 Å². The average Bonchev–Trinajstić information content (AvgIpc) is 2.12. The van der Waals surface area contributed by atoms with E-state index in [4.69, 9.17) is 4.74 Å². The first-order valence-electron chi connectivity index (χ1n) is 6.38. The van der Waals surface area contributed by atoms with Gasteiger partial charge < -0.3 is 20.1 Å². The molecule has 0 amide bonds. The number of nitrogens with zero attached hydrogens (tertiary/aromatic N) is 1. The topological polar surface area (TPSA) is 44.7 Å². The third-order valence-electron chi connectivity index (χ3n) is 2.35. The highest BCUT2D eigenvalue weighted by Gasteiger charge is 2.18. The van der Waals surface area contributed by atoms with Crippen LogP contribution in [-0.4, -0.2) is 62.6 Å². The van der Waals surface area contributed by atoms with Crippen molar-refractivity contribution in [3.63, 3.8) is 0 Å². The maximum Gasteiger partial charge on any atom is 0.0897 e. The lowest BCUT2D eigenvalue weighted by Gasteiger charge is -2.29. The number of aliphatic hydroxyl groups excluding tert-OH is 1. The van der Waals surface area contributed by atoms with E-state index in [9.17, 15) is 5.11 Å². The third kappa shape index (κ3) is 10.7. The van der Waals surface area contributed by atoms with Crippen molar-refractivity contribution in [2.75, 3.05) is 40.3 Å². The molecule has 0 aliphatic rings. The molecule has 2 N–H and O–H groups in total. The highest BCUT2D eigenvalue weighted by molar-refractivity contribution is 4.75. The molecule has 17 heavy (non-hydrogen) atoms. The lowest BCUT2D eigenvalue weighted by molar-refractivity contribution is 0.00553. The van der Waals surface area contributed by atoms with Gasteiger partial charge in [0.05, 0.1) is 18.8 Å². The van der Waals surface area contributed by atoms with E-state index in [1.807, 2.05) is 13.8 Å². The van der Waals surface area contributed by atoms with E-state index in [0.29, 0.717) is 13.2 Å². The molecule has 1 atom stereocenters. The van der Waals surface area contributed by atoms with Crippen LogP contribution in [0, 0.1) is 5.41 Å². The van der Waals surface area contributed by atoms with Gasteiger partial charge in [-0.2, -0.15) is 0 Å². The maximum atomic E-state index is 9.68. The van der Waals surface area contributed by atoms with Crippen molar-refractivity contribution in [2.24, 2.45) is 5.41 Å². The van der Waals surface area contributed by atoms with Crippen molar-refractivity contribution in [1.82, 2.24) is 10.2 Å². The van der Waals surface area contributed by atoms with Crippen molar-refractivity contribution < 1.29 is 9.84 Å². The van der Waals surface area contributed by atoms with Gasteiger partial charge in [-0.1, -0.05) is 13.8 Å². The molecule has 4 nitrogen and oxygen atoms in total. The Morgan fingerprint density at radius 2 is 1.88 bits per heavy atom. The zero-order valence-electron chi connectivity index (χ0n) is 12.3. The molecular weight excluding hydrogens is 216 g/mol. The highest BCUT2D eigenvalue weighted by Crippen LogP contribution is 2.13. The average molecular weight is 246 g/mol. The fourth-order valence-corrected chi connectivity index (χ4v) is 1.85. The van der Waals surface area contributed by atoms with Crippen molar-refractivity contribution in [3.05, 3.63) is 0 Å². The number of rotatable bonds is 9. The number of hydrogen-bond acceptors (Lipinski definition) is 4. The molecule has 1 unspecified atom stereocenters. The summed E-state index contributed by atoms with van der Waals surface area (Å²) >= 11 is 0. The zero-order chi connectivity index (χ0) is 13.5. The monoisotopic (exact) mass is 246 g/mol. The molecule has 0 heterocycles. The van der Waals surface area contributed by atoms with E-state index in [0.717, 1.165) is 13.1 Å². The minimum absolute atomic E-state index is 0.176. The van der Waals surface area contributed by atoms with Crippen molar-refractivity contribution in [3.8, 4) is 0 Å². The molecule has 0 aliphatic heterocycles. The Morgan fingerprint density at radius 1 is 1.29 bits per heavy atom. The smallest absolute Gasteiger partial charge is 0.0897 e. The van der Waals surface area contributed by atoms with Gasteiger partial charge in [-0.15, -0.1) is 0 Å². The maximum absolute atomic E-state index is 9.68. The molecule has 0 saturated carbocycles. The fraction of sp³-hybridized carbons (Fsp3) is 1.00. The van der Waals surface area contributed by atoms with Gasteiger partial charge in [0.2, 0.25) is 0 Å². The van der Waals surface area contributed by atoms with Crippen LogP contribution in [0.1, 0.15) is 27.7 Å². The standard InChI is InChI=1S/C13H30N2O2/c1-11(2)17-8-12(16)7-14-9-13(3,4)10-15(5)6/h11-12,14,16H,7-10H2,1-6H3. The molecule has 0 aromatic rings. The van der Waals surface area contributed by atoms with Crippen LogP contribution in [0.25, 0.3) is 0 Å². The van der Waals surface area contributed by atoms with Gasteiger partial charge >= 0.3 is 0 Å². The third-order valence-corrected chi connectivity index (χ3v) is 2.35. The summed E-state index contributed by atoms with van der Waals surface area (Å²) < 4.78 is 5.35. The quantitative estimate of drug-likeness (QED) is 0.636. The van der Waals surface area contributed by atoms with Crippen molar-refractivity contribution in [2.45, 2.75) is 39.9 Å². The molecule has 0 fully saturated rings. The van der Waals surface area contributed by atoms with Gasteiger partial charge in [0.15, 0.2) is 0 Å². The van der Waals surface area contributed by atoms with E-state index in [1.165, 1.54) is 0 Å². The molecule has 0 bridgehead atoms. The molecule has 0 rings (SSSR count). The lowest BCUT2D eigenvalue weighted by Crippen LogP contribution is -2.41. The summed E-state index contributed by atoms with van der Waals surface area (Å²) in [6.45, 7) is 11.3. The molecule has 0 radical (unpaired) electrons. The summed E-state index contributed by atoms with van der Waals surface area (Å²) in [5, 5.41) is 13.0. The van der Waals surface area contributed by atoms with Crippen LogP contribution in [-0.2, 0) is 4.74 Å². The van der Waals surface area contributed by atoms with Crippen LogP contribution >= 0.6 is 0 Å². The highest BCUT2D eigenvalue weighted by atomic mass is 16.5. The summed E-state index contributed by atoms with van der Waals surface area (Å²) in [6.07, 6.45) is -0.248. The van der Waals surface area contributed by atoms with Gasteiger partial charge in [0.1, 0.15) is 0 Å². The second-order valence-electron chi connectivity index (χ2n) is 6.07. The van der Waals surface area contributed by atoms with Gasteiger partial charge in [-0.3, -0.25) is 0 Å². The Bertz CT molecular complexity index is 194. The Balaban J connectivity index is 3.67. The van der Waals surface area contributed by atoms with Gasteiger partial charge in [-0.05, 0) is 33.4 Å². The summed E-state index contributed by atoms with van der Waals surface area (Å²) in [4.78, 5) is 2.18. The van der Waals surface area contributed by atoms with E-state index in [-0.39, 0.29) is 11.5 Å². The van der Waals surface area contributed by atoms with E-state index >= 15 is 0 Å². The first kappa shape index (κ1) is 16.8. The number of aliphatic hydroxyl groups is 1. The molecule has 4 heteroatoms. The lowest BCUT2D eigenvalue weighted by atomic mass is 9.93. The molecule has 0 saturated heterocycles. The second-order valence-corrected chi connectivity index (χ2v) is 6.07. The van der Waals surface area contributed by atoms with Gasteiger partial charge in [-0.25, -0.2) is 0 Å². The SMILES string of the molecule is CC(C)OCC(O)CNCC(C)(C)CN(C)C. The van der Waals surface area contributed by atoms with Crippen LogP contribution in [0.5, 0.6) is 0 Å². The summed E-state index contributed by atoms with van der Waals surface area (Å²) in [7, 11) is 4.15. The first-order chi connectivity index (χ1) is 7.73. The minimum Gasteiger partial charge on any atom is -0.389 e. The predicted molar refractivity (Wildman–Crippen MR) is 72.3 cm³/mol. The Morgan fingerprint density at radius 3 is 2.35 bits per heavy atom. The van der Waals surface area contributed by atoms with E-state index in [2.05, 4.69) is 38.2 Å². The molecule has 0 aliphatic carbocycles. The van der Waals surface area contributed by atoms with E-state index in [1.54, 1.807) is 0 Å². The fourth-order valence-electron chi connectivity index (χ4n) is 1.85. The molecule has 104 valence electrons. The van der Waals surface area contributed by atoms with Crippen LogP contribution in [0.4, 0.5) is 0 Å². The van der Waals surface area contributed by atoms with Crippen molar-refractivity contribution >= 4 is 0 Å². The molecule has 0 aromatic carbocycles. The summed E-state index contributed by atoms with van der Waals surface area (Å²) in [5.74, 6) is 0. The summed E-state index contributed by atoms with van der Waals surface area (Å²) in [6, 6.07) is 0. The van der Waals surface area contributed by atoms with Gasteiger partial charge in [0.25, 0.3) is 0 Å². The molecule has 0 spiro atoms. The van der Waals surface area contributed by atoms with E-state index < -0.39 is 6.10 Å². The predicted octanol–water partition coefficient (Wildman–Crippen LogP) is 0.950. The van der Waals surface area contributed by atoms with Crippen LogP contribution in [0.15, 0.2) is 0 Å². The van der Waals surface area contributed by atoms with Crippen LogP contribution in [0.2, 0.25) is 0 Å². The number of hydrogen-bond donors (Lipinski definition) is 2. The summed E-state index contributed by atoms with van der Waals surface area (Å²) in [5.41, 5.74) is 0.210. The number of ether oxygens (including phenoxy) is 1. The Kier molecular flexibility index (Phi) is 7.96. The minimum atomic E-state index is -0.424. The number of nitrogens with one attached hydrogen (secondary N) is 1. The Hall–Kier alpha value is -0.160. The normalized spacial score (nSPS) is 14.6. The van der Waals surface area contributed by atoms with Gasteiger partial charge in [0, 0.05) is 19.6 Å². The Labute approximate surface area is 106 Å². The van der Waals surface area contributed by atoms with Crippen LogP contribution < -0.4 is 5.32 Å². The molecule has 0 aromatic heterocycles. The first-order valence-corrected chi connectivity index (χ1v) is 6.38.